The van der Waals surface area contributed by atoms with Gasteiger partial charge in [-0.2, -0.15) is 5.10 Å². The number of amides is 1. The second-order valence-corrected chi connectivity index (χ2v) is 6.75. The summed E-state index contributed by atoms with van der Waals surface area (Å²) >= 11 is 0. The van der Waals surface area contributed by atoms with Crippen LogP contribution < -0.4 is 5.32 Å². The third-order valence-corrected chi connectivity index (χ3v) is 5.32. The Morgan fingerprint density at radius 1 is 1.40 bits per heavy atom. The first kappa shape index (κ1) is 13.7. The topological polar surface area (TPSA) is 46.9 Å². The molecular weight excluding hydrogens is 250 g/mol. The van der Waals surface area contributed by atoms with Crippen LogP contribution in [-0.4, -0.2) is 21.7 Å². The van der Waals surface area contributed by atoms with Crippen LogP contribution in [0.1, 0.15) is 51.3 Å². The number of nitrogens with one attached hydrogen (secondary N) is 1. The predicted molar refractivity (Wildman–Crippen MR) is 78.2 cm³/mol. The molecule has 2 aliphatic carbocycles. The Balaban J connectivity index is 1.58. The molecule has 2 fully saturated rings. The fraction of sp³-hybridized carbons (Fsp3) is 0.750. The van der Waals surface area contributed by atoms with Crippen LogP contribution in [0.3, 0.4) is 0 Å². The van der Waals surface area contributed by atoms with Crippen molar-refractivity contribution in [2.45, 2.75) is 58.5 Å². The molecule has 1 aromatic heterocycles. The van der Waals surface area contributed by atoms with E-state index in [4.69, 9.17) is 0 Å². The maximum atomic E-state index is 12.4. The number of aromatic nitrogens is 2. The van der Waals surface area contributed by atoms with Crippen LogP contribution in [0.2, 0.25) is 0 Å². The van der Waals surface area contributed by atoms with Gasteiger partial charge in [0.2, 0.25) is 5.91 Å². The lowest BCUT2D eigenvalue weighted by molar-refractivity contribution is -0.125. The van der Waals surface area contributed by atoms with Gasteiger partial charge in [-0.1, -0.05) is 6.42 Å². The number of hydrogen-bond acceptors (Lipinski definition) is 2. The van der Waals surface area contributed by atoms with Gasteiger partial charge in [0.25, 0.3) is 0 Å². The van der Waals surface area contributed by atoms with Gasteiger partial charge in [0.05, 0.1) is 5.69 Å². The van der Waals surface area contributed by atoms with Crippen LogP contribution in [0.25, 0.3) is 0 Å². The van der Waals surface area contributed by atoms with Crippen molar-refractivity contribution in [3.05, 3.63) is 18.0 Å². The van der Waals surface area contributed by atoms with E-state index < -0.39 is 0 Å². The number of hydrogen-bond donors (Lipinski definition) is 1. The zero-order valence-electron chi connectivity index (χ0n) is 12.7. The van der Waals surface area contributed by atoms with E-state index in [0.29, 0.717) is 5.92 Å². The van der Waals surface area contributed by atoms with Crippen molar-refractivity contribution in [1.29, 1.82) is 0 Å². The maximum absolute atomic E-state index is 12.4. The summed E-state index contributed by atoms with van der Waals surface area (Å²) in [5.41, 5.74) is 0.950. The smallest absolute Gasteiger partial charge is 0.244 e. The van der Waals surface area contributed by atoms with E-state index in [2.05, 4.69) is 17.3 Å². The monoisotopic (exact) mass is 275 g/mol. The highest BCUT2D eigenvalue weighted by Crippen LogP contribution is 2.49. The molecule has 0 aliphatic heterocycles. The molecule has 2 bridgehead atoms. The lowest BCUT2D eigenvalue weighted by Crippen LogP contribution is -2.43. The number of rotatable bonds is 4. The third-order valence-electron chi connectivity index (χ3n) is 5.32. The van der Waals surface area contributed by atoms with Crippen LogP contribution in [-0.2, 0) is 4.79 Å². The predicted octanol–water partition coefficient (Wildman–Crippen LogP) is 2.69. The molecule has 0 unspecified atom stereocenters. The average Bonchev–Trinajstić information content (AvgIpc) is 3.13. The van der Waals surface area contributed by atoms with E-state index in [1.807, 2.05) is 26.1 Å². The largest absolute Gasteiger partial charge is 0.352 e. The van der Waals surface area contributed by atoms with E-state index in [9.17, 15) is 4.79 Å². The minimum absolute atomic E-state index is 0.0865. The molecule has 110 valence electrons. The molecule has 1 aromatic rings. The van der Waals surface area contributed by atoms with E-state index >= 15 is 0 Å². The Morgan fingerprint density at radius 2 is 2.20 bits per heavy atom. The first-order chi connectivity index (χ1) is 9.54. The quantitative estimate of drug-likeness (QED) is 0.918. The Hall–Kier alpha value is -1.32. The van der Waals surface area contributed by atoms with Gasteiger partial charge in [0.15, 0.2) is 0 Å². The summed E-state index contributed by atoms with van der Waals surface area (Å²) in [4.78, 5) is 12.4. The van der Waals surface area contributed by atoms with Gasteiger partial charge in [-0.3, -0.25) is 9.48 Å². The molecular formula is C16H25N3O. The highest BCUT2D eigenvalue weighted by molar-refractivity contribution is 5.80. The molecule has 3 rings (SSSR count). The van der Waals surface area contributed by atoms with E-state index in [1.54, 1.807) is 4.68 Å². The number of carbonyl (C=O) groups is 1. The number of aryl methyl sites for hydroxylation is 1. The van der Waals surface area contributed by atoms with Crippen molar-refractivity contribution >= 4 is 5.91 Å². The van der Waals surface area contributed by atoms with E-state index in [-0.39, 0.29) is 18.0 Å². The van der Waals surface area contributed by atoms with Gasteiger partial charge in [0, 0.05) is 12.2 Å². The minimum Gasteiger partial charge on any atom is -0.352 e. The molecule has 2 aliphatic rings. The molecule has 1 N–H and O–H groups in total. The molecule has 4 nitrogen and oxygen atoms in total. The molecule has 5 atom stereocenters. The fourth-order valence-corrected chi connectivity index (χ4v) is 4.13. The standard InChI is InChI=1S/C16H25N3O/c1-10-6-7-19(18-10)12(3)16(20)17-11(2)15-9-13-4-5-14(15)8-13/h6-7,11-15H,4-5,8-9H2,1-3H3,(H,17,20)/t11-,12-,13+,14+,15-/m1/s1. The molecule has 0 spiro atoms. The summed E-state index contributed by atoms with van der Waals surface area (Å²) < 4.78 is 1.75. The summed E-state index contributed by atoms with van der Waals surface area (Å²) in [7, 11) is 0. The van der Waals surface area contributed by atoms with Gasteiger partial charge < -0.3 is 5.32 Å². The number of carbonyl (C=O) groups excluding carboxylic acids is 1. The lowest BCUT2D eigenvalue weighted by Gasteiger charge is -2.29. The van der Waals surface area contributed by atoms with Crippen LogP contribution >= 0.6 is 0 Å². The molecule has 2 saturated carbocycles. The van der Waals surface area contributed by atoms with Gasteiger partial charge >= 0.3 is 0 Å². The normalized spacial score (nSPS) is 31.2. The van der Waals surface area contributed by atoms with E-state index in [1.165, 1.54) is 25.7 Å². The van der Waals surface area contributed by atoms with Gasteiger partial charge in [0.1, 0.15) is 6.04 Å². The molecule has 20 heavy (non-hydrogen) atoms. The molecule has 0 aromatic carbocycles. The fourth-order valence-electron chi connectivity index (χ4n) is 4.13. The Bertz CT molecular complexity index is 496. The number of nitrogens with zero attached hydrogens (tertiary/aromatic N) is 2. The lowest BCUT2D eigenvalue weighted by atomic mass is 9.84. The van der Waals surface area contributed by atoms with Gasteiger partial charge in [-0.05, 0) is 63.9 Å². The van der Waals surface area contributed by atoms with Crippen LogP contribution in [0.4, 0.5) is 0 Å². The summed E-state index contributed by atoms with van der Waals surface area (Å²) in [6, 6.07) is 1.99. The molecule has 4 heteroatoms. The van der Waals surface area contributed by atoms with Gasteiger partial charge in [-0.15, -0.1) is 0 Å². The molecule has 0 radical (unpaired) electrons. The van der Waals surface area contributed by atoms with Crippen molar-refractivity contribution in [1.82, 2.24) is 15.1 Å². The highest BCUT2D eigenvalue weighted by atomic mass is 16.2. The van der Waals surface area contributed by atoms with Crippen molar-refractivity contribution < 1.29 is 4.79 Å². The summed E-state index contributed by atoms with van der Waals surface area (Å²) in [5, 5.41) is 7.54. The SMILES string of the molecule is Cc1ccn([C@H](C)C(=O)N[C@H](C)[C@H]2C[C@H]3CC[C@H]2C3)n1. The zero-order valence-corrected chi connectivity index (χ0v) is 12.7. The van der Waals surface area contributed by atoms with Crippen molar-refractivity contribution in [3.63, 3.8) is 0 Å². The first-order valence-electron chi connectivity index (χ1n) is 7.86. The van der Waals surface area contributed by atoms with Gasteiger partial charge in [-0.25, -0.2) is 0 Å². The third kappa shape index (κ3) is 2.48. The van der Waals surface area contributed by atoms with Crippen molar-refractivity contribution in [3.8, 4) is 0 Å². The Kier molecular flexibility index (Phi) is 3.57. The summed E-state index contributed by atoms with van der Waals surface area (Å²) in [5.74, 6) is 2.54. The summed E-state index contributed by atoms with van der Waals surface area (Å²) in [6.07, 6.45) is 7.34. The second-order valence-electron chi connectivity index (χ2n) is 6.75. The second kappa shape index (κ2) is 5.23. The average molecular weight is 275 g/mol. The van der Waals surface area contributed by atoms with Crippen LogP contribution in [0, 0.1) is 24.7 Å². The highest BCUT2D eigenvalue weighted by Gasteiger charge is 2.42. The van der Waals surface area contributed by atoms with Crippen molar-refractivity contribution in [2.24, 2.45) is 17.8 Å². The van der Waals surface area contributed by atoms with Crippen LogP contribution in [0.5, 0.6) is 0 Å². The molecule has 1 heterocycles. The maximum Gasteiger partial charge on any atom is 0.244 e. The number of fused-ring (bicyclic) bond motifs is 2. The summed E-state index contributed by atoms with van der Waals surface area (Å²) in [6.45, 7) is 6.03. The first-order valence-corrected chi connectivity index (χ1v) is 7.86. The van der Waals surface area contributed by atoms with E-state index in [0.717, 1.165) is 17.5 Å². The molecule has 1 amide bonds. The Morgan fingerprint density at radius 3 is 2.75 bits per heavy atom. The van der Waals surface area contributed by atoms with Crippen molar-refractivity contribution in [2.75, 3.05) is 0 Å². The van der Waals surface area contributed by atoms with Crippen LogP contribution in [0.15, 0.2) is 12.3 Å². The Labute approximate surface area is 120 Å². The molecule has 0 saturated heterocycles. The zero-order chi connectivity index (χ0) is 14.3. The minimum atomic E-state index is -0.232.